The molecule has 2 aromatic rings. The van der Waals surface area contributed by atoms with E-state index in [0.717, 1.165) is 0 Å². The molecule has 1 heterocycles. The Morgan fingerprint density at radius 1 is 1.27 bits per heavy atom. The lowest BCUT2D eigenvalue weighted by Crippen LogP contribution is -2.08. The lowest BCUT2D eigenvalue weighted by Gasteiger charge is -2.04. The minimum absolute atomic E-state index is 0.198. The van der Waals surface area contributed by atoms with Crippen molar-refractivity contribution >= 4 is 34.4 Å². The summed E-state index contributed by atoms with van der Waals surface area (Å²) < 4.78 is 0. The smallest absolute Gasteiger partial charge is 0.222 e. The van der Waals surface area contributed by atoms with Crippen molar-refractivity contribution in [3.8, 4) is 0 Å². The number of aromatic nitrogens is 2. The Labute approximate surface area is 91.3 Å². The summed E-state index contributed by atoms with van der Waals surface area (Å²) >= 11 is 5.86. The second-order valence-corrected chi connectivity index (χ2v) is 3.39. The molecule has 0 saturated heterocycles. The van der Waals surface area contributed by atoms with Crippen molar-refractivity contribution in [2.45, 2.75) is 6.92 Å². The number of carbonyl (C=O) groups is 1. The predicted octanol–water partition coefficient (Wildman–Crippen LogP) is 2.24. The number of halogens is 1. The first-order valence-electron chi connectivity index (χ1n) is 4.36. The molecule has 0 unspecified atom stereocenters. The van der Waals surface area contributed by atoms with Crippen LogP contribution in [0.2, 0.25) is 5.15 Å². The molecule has 0 fully saturated rings. The second-order valence-electron chi connectivity index (χ2n) is 3.03. The summed E-state index contributed by atoms with van der Waals surface area (Å²) in [4.78, 5) is 19.2. The van der Waals surface area contributed by atoms with E-state index in [1.807, 2.05) is 24.3 Å². The Morgan fingerprint density at radius 3 is 2.47 bits per heavy atom. The Kier molecular flexibility index (Phi) is 2.51. The quantitative estimate of drug-likeness (QED) is 0.804. The van der Waals surface area contributed by atoms with Gasteiger partial charge in [0.1, 0.15) is 0 Å². The van der Waals surface area contributed by atoms with Crippen LogP contribution in [0.1, 0.15) is 6.92 Å². The van der Waals surface area contributed by atoms with E-state index in [-0.39, 0.29) is 11.1 Å². The molecule has 1 aromatic heterocycles. The average Bonchev–Trinajstić information content (AvgIpc) is 2.18. The van der Waals surface area contributed by atoms with Crippen molar-refractivity contribution in [2.75, 3.05) is 5.32 Å². The van der Waals surface area contributed by atoms with Gasteiger partial charge in [-0.15, -0.1) is 0 Å². The molecular weight excluding hydrogens is 214 g/mol. The Bertz CT molecular complexity index is 527. The molecule has 1 aromatic carbocycles. The van der Waals surface area contributed by atoms with Crippen molar-refractivity contribution in [3.63, 3.8) is 0 Å². The molecule has 0 saturated carbocycles. The van der Waals surface area contributed by atoms with Gasteiger partial charge in [0, 0.05) is 6.92 Å². The number of rotatable bonds is 1. The summed E-state index contributed by atoms with van der Waals surface area (Å²) in [6.45, 7) is 1.40. The number of nitrogens with zero attached hydrogens (tertiary/aromatic N) is 2. The van der Waals surface area contributed by atoms with Crippen LogP contribution in [-0.2, 0) is 4.79 Å². The van der Waals surface area contributed by atoms with Gasteiger partial charge in [0.25, 0.3) is 0 Å². The van der Waals surface area contributed by atoms with Gasteiger partial charge in [-0.2, -0.15) is 0 Å². The van der Waals surface area contributed by atoms with Gasteiger partial charge in [0.15, 0.2) is 11.0 Å². The van der Waals surface area contributed by atoms with Crippen LogP contribution in [0.25, 0.3) is 11.0 Å². The number of carbonyl (C=O) groups excluding carboxylic acids is 1. The van der Waals surface area contributed by atoms with Crippen LogP contribution in [0, 0.1) is 0 Å². The van der Waals surface area contributed by atoms with E-state index < -0.39 is 0 Å². The molecule has 4 nitrogen and oxygen atoms in total. The van der Waals surface area contributed by atoms with Gasteiger partial charge in [0.05, 0.1) is 11.0 Å². The highest BCUT2D eigenvalue weighted by molar-refractivity contribution is 6.32. The van der Waals surface area contributed by atoms with Gasteiger partial charge in [-0.3, -0.25) is 4.79 Å². The molecule has 1 amide bonds. The van der Waals surface area contributed by atoms with Crippen LogP contribution in [-0.4, -0.2) is 15.9 Å². The van der Waals surface area contributed by atoms with E-state index in [4.69, 9.17) is 11.6 Å². The zero-order valence-electron chi connectivity index (χ0n) is 7.99. The van der Waals surface area contributed by atoms with Gasteiger partial charge >= 0.3 is 0 Å². The first-order chi connectivity index (χ1) is 7.16. The monoisotopic (exact) mass is 221 g/mol. The molecule has 0 bridgehead atoms. The predicted molar refractivity (Wildman–Crippen MR) is 58.9 cm³/mol. The Balaban J connectivity index is 2.56. The number of amides is 1. The number of para-hydroxylation sites is 2. The molecule has 0 aliphatic carbocycles. The third-order valence-corrected chi connectivity index (χ3v) is 2.09. The highest BCUT2D eigenvalue weighted by Crippen LogP contribution is 2.20. The third kappa shape index (κ3) is 2.05. The van der Waals surface area contributed by atoms with E-state index in [1.165, 1.54) is 6.92 Å². The van der Waals surface area contributed by atoms with E-state index in [0.29, 0.717) is 16.9 Å². The molecule has 0 atom stereocenters. The van der Waals surface area contributed by atoms with E-state index in [2.05, 4.69) is 15.3 Å². The molecule has 0 aliphatic heterocycles. The molecule has 0 radical (unpaired) electrons. The lowest BCUT2D eigenvalue weighted by molar-refractivity contribution is -0.114. The normalized spacial score (nSPS) is 10.3. The summed E-state index contributed by atoms with van der Waals surface area (Å²) in [5.41, 5.74) is 1.40. The number of anilines is 1. The zero-order valence-corrected chi connectivity index (χ0v) is 8.75. The summed E-state index contributed by atoms with van der Waals surface area (Å²) in [7, 11) is 0. The number of nitrogens with one attached hydrogen (secondary N) is 1. The van der Waals surface area contributed by atoms with Crippen LogP contribution in [0.3, 0.4) is 0 Å². The molecule has 0 spiro atoms. The molecule has 1 N–H and O–H groups in total. The Morgan fingerprint density at radius 2 is 1.87 bits per heavy atom. The third-order valence-electron chi connectivity index (χ3n) is 1.82. The first kappa shape index (κ1) is 9.86. The molecule has 5 heteroatoms. The zero-order chi connectivity index (χ0) is 10.8. The fourth-order valence-corrected chi connectivity index (χ4v) is 1.41. The number of hydrogen-bond donors (Lipinski definition) is 1. The maximum absolute atomic E-state index is 10.9. The van der Waals surface area contributed by atoms with Crippen LogP contribution < -0.4 is 5.32 Å². The number of fused-ring (bicyclic) bond motifs is 1. The van der Waals surface area contributed by atoms with Crippen molar-refractivity contribution in [1.29, 1.82) is 0 Å². The van der Waals surface area contributed by atoms with E-state index in [9.17, 15) is 4.79 Å². The molecule has 2 rings (SSSR count). The number of benzene rings is 1. The average molecular weight is 222 g/mol. The molecular formula is C10H8ClN3O. The van der Waals surface area contributed by atoms with Crippen molar-refractivity contribution in [3.05, 3.63) is 29.4 Å². The topological polar surface area (TPSA) is 54.9 Å². The second kappa shape index (κ2) is 3.82. The molecule has 0 aliphatic rings. The van der Waals surface area contributed by atoms with Gasteiger partial charge in [-0.05, 0) is 12.1 Å². The van der Waals surface area contributed by atoms with Crippen LogP contribution in [0.4, 0.5) is 5.82 Å². The number of hydrogen-bond acceptors (Lipinski definition) is 3. The SMILES string of the molecule is CC(=O)Nc1nc2ccccc2nc1Cl. The maximum atomic E-state index is 10.9. The van der Waals surface area contributed by atoms with Crippen LogP contribution >= 0.6 is 11.6 Å². The summed E-state index contributed by atoms with van der Waals surface area (Å²) in [6, 6.07) is 7.32. The van der Waals surface area contributed by atoms with Crippen LogP contribution in [0.5, 0.6) is 0 Å². The molecule has 76 valence electrons. The van der Waals surface area contributed by atoms with Crippen LogP contribution in [0.15, 0.2) is 24.3 Å². The highest BCUT2D eigenvalue weighted by Gasteiger charge is 2.07. The Hall–Kier alpha value is -1.68. The van der Waals surface area contributed by atoms with E-state index >= 15 is 0 Å². The van der Waals surface area contributed by atoms with E-state index in [1.54, 1.807) is 0 Å². The van der Waals surface area contributed by atoms with Gasteiger partial charge in [0.2, 0.25) is 5.91 Å². The van der Waals surface area contributed by atoms with Gasteiger partial charge in [-0.1, -0.05) is 23.7 Å². The van der Waals surface area contributed by atoms with Crippen molar-refractivity contribution in [2.24, 2.45) is 0 Å². The minimum Gasteiger partial charge on any atom is -0.308 e. The fraction of sp³-hybridized carbons (Fsp3) is 0.100. The van der Waals surface area contributed by atoms with Gasteiger partial charge < -0.3 is 5.32 Å². The minimum atomic E-state index is -0.221. The summed E-state index contributed by atoms with van der Waals surface area (Å²) in [6.07, 6.45) is 0. The van der Waals surface area contributed by atoms with Crippen molar-refractivity contribution in [1.82, 2.24) is 9.97 Å². The standard InChI is InChI=1S/C10H8ClN3O/c1-6(15)12-10-9(11)13-7-4-2-3-5-8(7)14-10/h2-5H,1H3,(H,12,14,15). The van der Waals surface area contributed by atoms with Gasteiger partial charge in [-0.25, -0.2) is 9.97 Å². The highest BCUT2D eigenvalue weighted by atomic mass is 35.5. The molecule has 15 heavy (non-hydrogen) atoms. The maximum Gasteiger partial charge on any atom is 0.222 e. The lowest BCUT2D eigenvalue weighted by atomic mass is 10.3. The fourth-order valence-electron chi connectivity index (χ4n) is 1.22. The largest absolute Gasteiger partial charge is 0.308 e. The first-order valence-corrected chi connectivity index (χ1v) is 4.74. The van der Waals surface area contributed by atoms with Crippen molar-refractivity contribution < 1.29 is 4.79 Å². The summed E-state index contributed by atoms with van der Waals surface area (Å²) in [5.74, 6) is 0.0735. The summed E-state index contributed by atoms with van der Waals surface area (Å²) in [5, 5.41) is 2.72.